The lowest BCUT2D eigenvalue weighted by Gasteiger charge is -2.47. The Morgan fingerprint density at radius 3 is 2.05 bits per heavy atom. The van der Waals surface area contributed by atoms with E-state index in [1.165, 1.54) is 36.4 Å². The molecule has 0 unspecified atom stereocenters. The van der Waals surface area contributed by atoms with E-state index in [0.29, 0.717) is 30.0 Å². The van der Waals surface area contributed by atoms with Gasteiger partial charge in [0.25, 0.3) is 0 Å². The summed E-state index contributed by atoms with van der Waals surface area (Å²) in [6, 6.07) is 28.3. The Morgan fingerprint density at radius 2 is 1.41 bits per heavy atom. The second-order valence-corrected chi connectivity index (χ2v) is 9.05. The second kappa shape index (κ2) is 10.7. The number of carbonyl (C=O) groups is 2. The second-order valence-electron chi connectivity index (χ2n) is 9.05. The van der Waals surface area contributed by atoms with Crippen LogP contribution in [0.2, 0.25) is 0 Å². The molecular formula is C31H25F2NO3. The minimum atomic E-state index is -0.412. The Hall–Kier alpha value is -4.32. The number of rotatable bonds is 9. The van der Waals surface area contributed by atoms with Crippen LogP contribution in [-0.2, 0) is 11.4 Å². The van der Waals surface area contributed by atoms with E-state index in [2.05, 4.69) is 0 Å². The Kier molecular flexibility index (Phi) is 7.08. The Morgan fingerprint density at radius 1 is 0.784 bits per heavy atom. The molecule has 37 heavy (non-hydrogen) atoms. The van der Waals surface area contributed by atoms with Gasteiger partial charge in [-0.1, -0.05) is 42.5 Å². The topological polar surface area (TPSA) is 46.6 Å². The summed E-state index contributed by atoms with van der Waals surface area (Å²) in [7, 11) is 0. The van der Waals surface area contributed by atoms with Crippen molar-refractivity contribution in [1.82, 2.24) is 0 Å². The van der Waals surface area contributed by atoms with Crippen LogP contribution < -0.4 is 9.64 Å². The van der Waals surface area contributed by atoms with Crippen LogP contribution in [0.1, 0.15) is 40.4 Å². The molecule has 5 rings (SSSR count). The molecule has 1 fully saturated rings. The standard InChI is InChI=1S/C31H25F2NO3/c32-24-10-6-22(7-11-24)29(35)19-18-28-30(34(31(28)36)26-14-12-25(33)13-15-26)23-8-16-27(17-9-23)37-20-21-4-2-1-3-5-21/h1-17,28,30H,18-20H2/t28-,30-/m0/s1. The summed E-state index contributed by atoms with van der Waals surface area (Å²) in [5.74, 6) is -0.754. The van der Waals surface area contributed by atoms with Gasteiger partial charge in [0, 0.05) is 17.7 Å². The average molecular weight is 498 g/mol. The molecule has 2 atom stereocenters. The van der Waals surface area contributed by atoms with E-state index in [9.17, 15) is 18.4 Å². The van der Waals surface area contributed by atoms with E-state index in [4.69, 9.17) is 4.74 Å². The third-order valence-electron chi connectivity index (χ3n) is 6.64. The third kappa shape index (κ3) is 5.43. The number of ether oxygens (including phenoxy) is 1. The molecule has 4 nitrogen and oxygen atoms in total. The number of benzene rings is 4. The SMILES string of the molecule is O=C(CC[C@@H]1C(=O)N(c2ccc(F)cc2)[C@H]1c1ccc(OCc2ccccc2)cc1)c1ccc(F)cc1. The predicted molar refractivity (Wildman–Crippen MR) is 137 cm³/mol. The lowest BCUT2D eigenvalue weighted by molar-refractivity contribution is -0.130. The van der Waals surface area contributed by atoms with E-state index in [1.54, 1.807) is 17.0 Å². The molecular weight excluding hydrogens is 472 g/mol. The molecule has 4 aromatic carbocycles. The maximum atomic E-state index is 13.5. The minimum Gasteiger partial charge on any atom is -0.489 e. The number of hydrogen-bond acceptors (Lipinski definition) is 3. The van der Waals surface area contributed by atoms with Crippen molar-refractivity contribution in [2.24, 2.45) is 5.92 Å². The molecule has 0 N–H and O–H groups in total. The first-order chi connectivity index (χ1) is 18.0. The third-order valence-corrected chi connectivity index (χ3v) is 6.64. The lowest BCUT2D eigenvalue weighted by Crippen LogP contribution is -2.55. The van der Waals surface area contributed by atoms with Crippen LogP contribution in [0.25, 0.3) is 0 Å². The van der Waals surface area contributed by atoms with Crippen LogP contribution in [0.5, 0.6) is 5.75 Å². The molecule has 1 saturated heterocycles. The van der Waals surface area contributed by atoms with Crippen LogP contribution in [0.3, 0.4) is 0 Å². The first-order valence-corrected chi connectivity index (χ1v) is 12.1. The fourth-order valence-corrected chi connectivity index (χ4v) is 4.67. The van der Waals surface area contributed by atoms with Crippen molar-refractivity contribution in [3.63, 3.8) is 0 Å². The zero-order valence-electron chi connectivity index (χ0n) is 20.0. The number of Topliss-reactive ketones (excluding diaryl/α,β-unsaturated/α-hetero) is 1. The highest BCUT2D eigenvalue weighted by atomic mass is 19.1. The Labute approximate surface area is 214 Å². The fraction of sp³-hybridized carbons (Fsp3) is 0.161. The van der Waals surface area contributed by atoms with E-state index < -0.39 is 11.7 Å². The molecule has 0 radical (unpaired) electrons. The van der Waals surface area contributed by atoms with Crippen molar-refractivity contribution in [3.05, 3.63) is 131 Å². The van der Waals surface area contributed by atoms with Crippen LogP contribution in [0.4, 0.5) is 14.5 Å². The molecule has 0 saturated carbocycles. The zero-order chi connectivity index (χ0) is 25.8. The van der Waals surface area contributed by atoms with Gasteiger partial charge in [-0.3, -0.25) is 9.59 Å². The highest BCUT2D eigenvalue weighted by molar-refractivity contribution is 6.04. The predicted octanol–water partition coefficient (Wildman–Crippen LogP) is 6.91. The van der Waals surface area contributed by atoms with Crippen LogP contribution in [0, 0.1) is 17.6 Å². The smallest absolute Gasteiger partial charge is 0.233 e. The maximum Gasteiger partial charge on any atom is 0.233 e. The molecule has 6 heteroatoms. The summed E-state index contributed by atoms with van der Waals surface area (Å²) in [4.78, 5) is 27.5. The molecule has 186 valence electrons. The zero-order valence-corrected chi connectivity index (χ0v) is 20.0. The van der Waals surface area contributed by atoms with Crippen molar-refractivity contribution in [1.29, 1.82) is 0 Å². The molecule has 0 bridgehead atoms. The van der Waals surface area contributed by atoms with Gasteiger partial charge in [-0.15, -0.1) is 0 Å². The van der Waals surface area contributed by atoms with E-state index in [-0.39, 0.29) is 30.0 Å². The Balaban J connectivity index is 1.33. The van der Waals surface area contributed by atoms with Gasteiger partial charge in [0.15, 0.2) is 5.78 Å². The molecule has 0 aromatic heterocycles. The van der Waals surface area contributed by atoms with E-state index >= 15 is 0 Å². The molecule has 0 spiro atoms. The number of ketones is 1. The summed E-state index contributed by atoms with van der Waals surface area (Å²) in [5, 5.41) is 0. The first kappa shape index (κ1) is 24.4. The van der Waals surface area contributed by atoms with Gasteiger partial charge in [-0.2, -0.15) is 0 Å². The number of halogens is 2. The van der Waals surface area contributed by atoms with Crippen molar-refractivity contribution in [2.45, 2.75) is 25.5 Å². The summed E-state index contributed by atoms with van der Waals surface area (Å²) in [5.41, 5.74) is 2.97. The number of carbonyl (C=O) groups excluding carboxylic acids is 2. The van der Waals surface area contributed by atoms with Gasteiger partial charge in [0.1, 0.15) is 24.0 Å². The molecule has 0 aliphatic carbocycles. The van der Waals surface area contributed by atoms with Gasteiger partial charge in [-0.05, 0) is 78.2 Å². The van der Waals surface area contributed by atoms with E-state index in [1.807, 2.05) is 54.6 Å². The molecule has 1 amide bonds. The number of hydrogen-bond donors (Lipinski definition) is 0. The number of amides is 1. The maximum absolute atomic E-state index is 13.5. The number of anilines is 1. The van der Waals surface area contributed by atoms with Gasteiger partial charge >= 0.3 is 0 Å². The van der Waals surface area contributed by atoms with Crippen LogP contribution >= 0.6 is 0 Å². The molecule has 4 aromatic rings. The van der Waals surface area contributed by atoms with Crippen molar-refractivity contribution >= 4 is 17.4 Å². The van der Waals surface area contributed by atoms with Crippen LogP contribution in [0.15, 0.2) is 103 Å². The van der Waals surface area contributed by atoms with Gasteiger partial charge < -0.3 is 9.64 Å². The highest BCUT2D eigenvalue weighted by Crippen LogP contribution is 2.46. The molecule has 1 aliphatic heterocycles. The highest BCUT2D eigenvalue weighted by Gasteiger charge is 2.48. The van der Waals surface area contributed by atoms with Crippen molar-refractivity contribution in [3.8, 4) is 5.75 Å². The number of nitrogens with zero attached hydrogens (tertiary/aromatic N) is 1. The average Bonchev–Trinajstić information content (AvgIpc) is 2.93. The lowest BCUT2D eigenvalue weighted by atomic mass is 9.78. The summed E-state index contributed by atoms with van der Waals surface area (Å²) >= 11 is 0. The van der Waals surface area contributed by atoms with Crippen LogP contribution in [-0.4, -0.2) is 11.7 Å². The monoisotopic (exact) mass is 497 g/mol. The Bertz CT molecular complexity index is 1370. The van der Waals surface area contributed by atoms with Gasteiger partial charge in [-0.25, -0.2) is 8.78 Å². The van der Waals surface area contributed by atoms with E-state index in [0.717, 1.165) is 11.1 Å². The van der Waals surface area contributed by atoms with Crippen molar-refractivity contribution < 1.29 is 23.1 Å². The fourth-order valence-electron chi connectivity index (χ4n) is 4.67. The first-order valence-electron chi connectivity index (χ1n) is 12.1. The number of β-lactam (4-membered cyclic amide) rings is 1. The molecule has 1 aliphatic rings. The van der Waals surface area contributed by atoms with Crippen molar-refractivity contribution in [2.75, 3.05) is 4.90 Å². The summed E-state index contributed by atoms with van der Waals surface area (Å²) in [6.07, 6.45) is 0.512. The summed E-state index contributed by atoms with van der Waals surface area (Å²) < 4.78 is 32.6. The quantitative estimate of drug-likeness (QED) is 0.186. The normalized spacial score (nSPS) is 16.8. The van der Waals surface area contributed by atoms with Gasteiger partial charge in [0.2, 0.25) is 5.91 Å². The molecule has 1 heterocycles. The summed E-state index contributed by atoms with van der Waals surface area (Å²) in [6.45, 7) is 0.442. The van der Waals surface area contributed by atoms with Gasteiger partial charge in [0.05, 0.1) is 12.0 Å². The minimum absolute atomic E-state index is 0.118. The largest absolute Gasteiger partial charge is 0.489 e.